The van der Waals surface area contributed by atoms with E-state index in [2.05, 4.69) is 35.2 Å². The molecule has 1 heterocycles. The average Bonchev–Trinajstić information content (AvgIpc) is 2.72. The molecule has 13 heteroatoms. The maximum Gasteiger partial charge on any atom is 0.573 e. The Morgan fingerprint density at radius 2 is 1.81 bits per heavy atom. The van der Waals surface area contributed by atoms with Gasteiger partial charge in [0.15, 0.2) is 5.82 Å². The standard InChI is InChI=1S/C19H16ClF4N7O/c20-13-2-1-3-14(21)15(13)16-28-17(26-9-8-25)30-18(29-16)31-27-10-11-4-6-12(7-5-11)32-19(22,23)24/h1-7H,8-10,25H2,(H,26,28,29,30). The lowest BCUT2D eigenvalue weighted by atomic mass is 10.2. The SMILES string of the molecule is NCCNc1nc(N=NCc2ccc(OC(F)(F)F)cc2)nc(-c2c(F)cccc2Cl)n1. The molecule has 0 atom stereocenters. The van der Waals surface area contributed by atoms with Gasteiger partial charge in [-0.1, -0.05) is 29.8 Å². The average molecular weight is 470 g/mol. The first-order chi connectivity index (χ1) is 15.2. The van der Waals surface area contributed by atoms with Crippen molar-refractivity contribution in [2.24, 2.45) is 16.0 Å². The summed E-state index contributed by atoms with van der Waals surface area (Å²) in [6.45, 7) is 0.670. The van der Waals surface area contributed by atoms with E-state index in [-0.39, 0.29) is 40.6 Å². The van der Waals surface area contributed by atoms with Crippen LogP contribution in [-0.4, -0.2) is 34.4 Å². The molecule has 0 aliphatic rings. The second-order valence-corrected chi connectivity index (χ2v) is 6.59. The number of alkyl halides is 3. The van der Waals surface area contributed by atoms with Crippen LogP contribution in [0.15, 0.2) is 52.7 Å². The minimum absolute atomic E-state index is 0.0240. The normalized spacial score (nSPS) is 11.7. The Balaban J connectivity index is 1.81. The van der Waals surface area contributed by atoms with Crippen molar-refractivity contribution in [3.8, 4) is 17.1 Å². The van der Waals surface area contributed by atoms with E-state index in [4.69, 9.17) is 17.3 Å². The molecule has 0 aliphatic heterocycles. The molecule has 0 saturated carbocycles. The summed E-state index contributed by atoms with van der Waals surface area (Å²) in [6.07, 6.45) is -4.77. The molecule has 168 valence electrons. The van der Waals surface area contributed by atoms with Gasteiger partial charge in [-0.2, -0.15) is 20.1 Å². The van der Waals surface area contributed by atoms with Crippen molar-refractivity contribution in [2.45, 2.75) is 12.9 Å². The number of nitrogens with one attached hydrogen (secondary N) is 1. The molecule has 3 rings (SSSR count). The minimum Gasteiger partial charge on any atom is -0.406 e. The zero-order chi connectivity index (χ0) is 23.1. The number of benzene rings is 2. The van der Waals surface area contributed by atoms with Gasteiger partial charge in [-0.15, -0.1) is 18.3 Å². The third kappa shape index (κ3) is 6.56. The van der Waals surface area contributed by atoms with Gasteiger partial charge >= 0.3 is 6.36 Å². The van der Waals surface area contributed by atoms with Crippen LogP contribution in [0.4, 0.5) is 29.5 Å². The number of nitrogens with zero attached hydrogens (tertiary/aromatic N) is 5. The van der Waals surface area contributed by atoms with Crippen molar-refractivity contribution in [1.29, 1.82) is 0 Å². The first-order valence-corrected chi connectivity index (χ1v) is 9.49. The molecular formula is C19H16ClF4N7O. The third-order valence-corrected chi connectivity index (χ3v) is 4.12. The van der Waals surface area contributed by atoms with Gasteiger partial charge in [0.05, 0.1) is 17.1 Å². The van der Waals surface area contributed by atoms with Gasteiger partial charge in [-0.05, 0) is 29.8 Å². The van der Waals surface area contributed by atoms with Gasteiger partial charge in [-0.25, -0.2) is 4.39 Å². The van der Waals surface area contributed by atoms with E-state index in [0.29, 0.717) is 18.7 Å². The van der Waals surface area contributed by atoms with Crippen molar-refractivity contribution in [2.75, 3.05) is 18.4 Å². The molecule has 0 saturated heterocycles. The first-order valence-electron chi connectivity index (χ1n) is 9.12. The Labute approximate surface area is 184 Å². The van der Waals surface area contributed by atoms with Gasteiger partial charge in [0, 0.05) is 13.1 Å². The summed E-state index contributed by atoms with van der Waals surface area (Å²) >= 11 is 6.09. The smallest absolute Gasteiger partial charge is 0.406 e. The van der Waals surface area contributed by atoms with Crippen LogP contribution in [-0.2, 0) is 6.54 Å². The Morgan fingerprint density at radius 1 is 1.06 bits per heavy atom. The van der Waals surface area contributed by atoms with Crippen molar-refractivity contribution in [3.05, 3.63) is 58.9 Å². The van der Waals surface area contributed by atoms with Crippen molar-refractivity contribution in [1.82, 2.24) is 15.0 Å². The van der Waals surface area contributed by atoms with Gasteiger partial charge in [-0.3, -0.25) is 0 Å². The fourth-order valence-corrected chi connectivity index (χ4v) is 2.72. The highest BCUT2D eigenvalue weighted by Gasteiger charge is 2.30. The summed E-state index contributed by atoms with van der Waals surface area (Å²) in [4.78, 5) is 12.3. The Kier molecular flexibility index (Phi) is 7.49. The molecule has 0 radical (unpaired) electrons. The minimum atomic E-state index is -4.77. The first kappa shape index (κ1) is 23.3. The number of rotatable bonds is 8. The van der Waals surface area contributed by atoms with Crippen LogP contribution in [0.2, 0.25) is 5.02 Å². The summed E-state index contributed by atoms with van der Waals surface area (Å²) in [7, 11) is 0. The van der Waals surface area contributed by atoms with E-state index >= 15 is 0 Å². The molecule has 1 aromatic heterocycles. The highest BCUT2D eigenvalue weighted by atomic mass is 35.5. The molecule has 3 N–H and O–H groups in total. The van der Waals surface area contributed by atoms with E-state index in [9.17, 15) is 17.6 Å². The van der Waals surface area contributed by atoms with Crippen LogP contribution >= 0.6 is 11.6 Å². The number of anilines is 1. The fraction of sp³-hybridized carbons (Fsp3) is 0.211. The summed E-state index contributed by atoms with van der Waals surface area (Å²) in [5.41, 5.74) is 6.01. The van der Waals surface area contributed by atoms with Crippen LogP contribution in [0.1, 0.15) is 5.56 Å². The summed E-state index contributed by atoms with van der Waals surface area (Å²) in [5, 5.41) is 10.8. The van der Waals surface area contributed by atoms with Crippen LogP contribution in [0, 0.1) is 5.82 Å². The predicted molar refractivity (Wildman–Crippen MR) is 109 cm³/mol. The number of halogens is 5. The molecule has 32 heavy (non-hydrogen) atoms. The van der Waals surface area contributed by atoms with Crippen molar-refractivity contribution < 1.29 is 22.3 Å². The highest BCUT2D eigenvalue weighted by molar-refractivity contribution is 6.33. The van der Waals surface area contributed by atoms with Crippen LogP contribution < -0.4 is 15.8 Å². The van der Waals surface area contributed by atoms with E-state index < -0.39 is 12.2 Å². The molecule has 2 aromatic carbocycles. The topological polar surface area (TPSA) is 111 Å². The van der Waals surface area contributed by atoms with Gasteiger partial charge in [0.1, 0.15) is 11.6 Å². The van der Waals surface area contributed by atoms with Crippen molar-refractivity contribution >= 4 is 23.5 Å². The molecule has 0 spiro atoms. The van der Waals surface area contributed by atoms with E-state index in [1.807, 2.05) is 0 Å². The van der Waals surface area contributed by atoms with E-state index in [0.717, 1.165) is 12.1 Å². The maximum absolute atomic E-state index is 14.3. The zero-order valence-corrected chi connectivity index (χ0v) is 17.0. The fourth-order valence-electron chi connectivity index (χ4n) is 2.47. The largest absolute Gasteiger partial charge is 0.573 e. The van der Waals surface area contributed by atoms with E-state index in [1.165, 1.54) is 30.3 Å². The monoisotopic (exact) mass is 469 g/mol. The molecule has 0 amide bonds. The highest BCUT2D eigenvalue weighted by Crippen LogP contribution is 2.29. The summed E-state index contributed by atoms with van der Waals surface area (Å²) < 4.78 is 54.8. The maximum atomic E-state index is 14.3. The Bertz CT molecular complexity index is 1070. The second kappa shape index (κ2) is 10.3. The lowest BCUT2D eigenvalue weighted by Gasteiger charge is -2.09. The van der Waals surface area contributed by atoms with Crippen molar-refractivity contribution in [3.63, 3.8) is 0 Å². The third-order valence-electron chi connectivity index (χ3n) is 3.81. The van der Waals surface area contributed by atoms with Crippen LogP contribution in [0.5, 0.6) is 5.75 Å². The number of hydrogen-bond donors (Lipinski definition) is 2. The van der Waals surface area contributed by atoms with Crippen LogP contribution in [0.3, 0.4) is 0 Å². The molecular weight excluding hydrogens is 454 g/mol. The summed E-state index contributed by atoms with van der Waals surface area (Å²) in [5.74, 6) is -1.05. The van der Waals surface area contributed by atoms with Gasteiger partial charge < -0.3 is 15.8 Å². The lowest BCUT2D eigenvalue weighted by molar-refractivity contribution is -0.274. The molecule has 0 aliphatic carbocycles. The molecule has 3 aromatic rings. The molecule has 8 nitrogen and oxygen atoms in total. The predicted octanol–water partition coefficient (Wildman–Crippen LogP) is 4.88. The quantitative estimate of drug-likeness (QED) is 0.359. The lowest BCUT2D eigenvalue weighted by Crippen LogP contribution is -2.16. The van der Waals surface area contributed by atoms with E-state index in [1.54, 1.807) is 0 Å². The molecule has 0 unspecified atom stereocenters. The summed E-state index contributed by atoms with van der Waals surface area (Å²) in [6, 6.07) is 9.29. The molecule has 0 fully saturated rings. The number of nitrogens with two attached hydrogens (primary N) is 1. The zero-order valence-electron chi connectivity index (χ0n) is 16.3. The van der Waals surface area contributed by atoms with Gasteiger partial charge in [0.2, 0.25) is 5.95 Å². The number of azo groups is 1. The number of aromatic nitrogens is 3. The molecule has 0 bridgehead atoms. The number of hydrogen-bond acceptors (Lipinski definition) is 8. The second-order valence-electron chi connectivity index (χ2n) is 6.19. The number of ether oxygens (including phenoxy) is 1. The van der Waals surface area contributed by atoms with Crippen LogP contribution in [0.25, 0.3) is 11.4 Å². The van der Waals surface area contributed by atoms with Gasteiger partial charge in [0.25, 0.3) is 5.95 Å². The Morgan fingerprint density at radius 3 is 2.47 bits per heavy atom. The Hall–Kier alpha value is -3.38.